The van der Waals surface area contributed by atoms with Gasteiger partial charge in [0.15, 0.2) is 9.84 Å². The first kappa shape index (κ1) is 19.9. The number of ether oxygens (including phenoxy) is 2. The molecule has 2 heterocycles. The van der Waals surface area contributed by atoms with E-state index in [0.717, 1.165) is 18.4 Å². The molecule has 0 spiro atoms. The van der Waals surface area contributed by atoms with Crippen LogP contribution in [-0.4, -0.2) is 34.8 Å². The van der Waals surface area contributed by atoms with E-state index in [1.165, 1.54) is 0 Å². The van der Waals surface area contributed by atoms with Gasteiger partial charge in [0.25, 0.3) is 0 Å². The van der Waals surface area contributed by atoms with E-state index in [0.29, 0.717) is 24.6 Å². The Labute approximate surface area is 171 Å². The Hall–Kier alpha value is -2.38. The molecule has 6 nitrogen and oxygen atoms in total. The molecule has 0 N–H and O–H groups in total. The minimum atomic E-state index is -3.59. The smallest absolute Gasteiger partial charge is 0.188 e. The van der Waals surface area contributed by atoms with E-state index in [9.17, 15) is 8.42 Å². The maximum absolute atomic E-state index is 13.1. The van der Waals surface area contributed by atoms with E-state index in [4.69, 9.17) is 9.47 Å². The molecule has 0 atom stereocenters. The molecule has 1 fully saturated rings. The summed E-state index contributed by atoms with van der Waals surface area (Å²) >= 11 is 0. The number of aromatic nitrogens is 2. The second kappa shape index (κ2) is 7.15. The van der Waals surface area contributed by atoms with Crippen LogP contribution in [0.2, 0.25) is 0 Å². The highest BCUT2D eigenvalue weighted by Gasteiger charge is 2.45. The summed E-state index contributed by atoms with van der Waals surface area (Å²) in [6.07, 6.45) is 6.74. The zero-order valence-electron chi connectivity index (χ0n) is 17.0. The molecule has 29 heavy (non-hydrogen) atoms. The predicted octanol–water partition coefficient (Wildman–Crippen LogP) is 4.03. The first-order chi connectivity index (χ1) is 13.7. The van der Waals surface area contributed by atoms with Crippen molar-refractivity contribution >= 4 is 15.5 Å². The van der Waals surface area contributed by atoms with Crippen molar-refractivity contribution in [2.75, 3.05) is 6.61 Å². The Morgan fingerprint density at radius 1 is 1.17 bits per heavy atom. The summed E-state index contributed by atoms with van der Waals surface area (Å²) in [6, 6.07) is 11.7. The van der Waals surface area contributed by atoms with Crippen molar-refractivity contribution in [2.45, 2.75) is 55.5 Å². The Morgan fingerprint density at radius 3 is 2.55 bits per heavy atom. The van der Waals surface area contributed by atoms with Crippen molar-refractivity contribution in [1.29, 1.82) is 0 Å². The van der Waals surface area contributed by atoms with Gasteiger partial charge in [0.1, 0.15) is 28.5 Å². The Morgan fingerprint density at radius 2 is 1.90 bits per heavy atom. The third kappa shape index (κ3) is 4.02. The van der Waals surface area contributed by atoms with Crippen LogP contribution in [0.5, 0.6) is 5.75 Å². The molecule has 1 aromatic carbocycles. The van der Waals surface area contributed by atoms with Crippen LogP contribution >= 0.6 is 0 Å². The van der Waals surface area contributed by atoms with E-state index < -0.39 is 14.6 Å². The second-order valence-corrected chi connectivity index (χ2v) is 11.2. The number of benzene rings is 1. The molecule has 0 unspecified atom stereocenters. The van der Waals surface area contributed by atoms with Gasteiger partial charge in [0.05, 0.1) is 11.4 Å². The van der Waals surface area contributed by atoms with Crippen LogP contribution in [0.15, 0.2) is 59.9 Å². The minimum absolute atomic E-state index is 0.175. The molecule has 154 valence electrons. The van der Waals surface area contributed by atoms with Crippen molar-refractivity contribution in [3.63, 3.8) is 0 Å². The van der Waals surface area contributed by atoms with Crippen LogP contribution in [0.25, 0.3) is 5.65 Å². The maximum atomic E-state index is 13.1. The highest BCUT2D eigenvalue weighted by Crippen LogP contribution is 2.42. The number of sulfone groups is 1. The van der Waals surface area contributed by atoms with Gasteiger partial charge in [-0.1, -0.05) is 30.3 Å². The fourth-order valence-electron chi connectivity index (χ4n) is 3.06. The van der Waals surface area contributed by atoms with E-state index in [-0.39, 0.29) is 10.5 Å². The van der Waals surface area contributed by atoms with Gasteiger partial charge < -0.3 is 13.9 Å². The van der Waals surface area contributed by atoms with Gasteiger partial charge in [0, 0.05) is 24.7 Å². The van der Waals surface area contributed by atoms with Crippen molar-refractivity contribution in [1.82, 2.24) is 9.38 Å². The molecule has 0 saturated heterocycles. The molecule has 1 aliphatic rings. The lowest BCUT2D eigenvalue weighted by Gasteiger charge is -2.23. The molecule has 3 aromatic rings. The highest BCUT2D eigenvalue weighted by molar-refractivity contribution is 7.92. The molecule has 0 bridgehead atoms. The lowest BCUT2D eigenvalue weighted by molar-refractivity contribution is -0.0112. The third-order valence-electron chi connectivity index (χ3n) is 5.24. The number of hydrogen-bond acceptors (Lipinski definition) is 5. The number of hydrogen-bond donors (Lipinski definition) is 0. The number of pyridine rings is 1. The number of fused-ring (bicyclic) bond motifs is 1. The summed E-state index contributed by atoms with van der Waals surface area (Å²) in [5.74, 6) is 0.327. The lowest BCUT2D eigenvalue weighted by atomic mass is 10.2. The van der Waals surface area contributed by atoms with Gasteiger partial charge in [-0.2, -0.15) is 0 Å². The lowest BCUT2D eigenvalue weighted by Crippen LogP contribution is -2.29. The molecule has 7 heteroatoms. The predicted molar refractivity (Wildman–Crippen MR) is 111 cm³/mol. The number of rotatable bonds is 7. The Kier molecular flexibility index (Phi) is 4.91. The Bertz CT molecular complexity index is 1110. The van der Waals surface area contributed by atoms with E-state index in [2.05, 4.69) is 4.98 Å². The van der Waals surface area contributed by atoms with Gasteiger partial charge in [0.2, 0.25) is 0 Å². The van der Waals surface area contributed by atoms with Crippen molar-refractivity contribution in [3.8, 4) is 5.75 Å². The summed E-state index contributed by atoms with van der Waals surface area (Å²) in [6.45, 7) is 5.89. The van der Waals surface area contributed by atoms with Gasteiger partial charge in [-0.3, -0.25) is 0 Å². The van der Waals surface area contributed by atoms with Gasteiger partial charge in [-0.05, 0) is 39.2 Å². The summed E-state index contributed by atoms with van der Waals surface area (Å²) in [5.41, 5.74) is 1.39. The first-order valence-electron chi connectivity index (χ1n) is 9.72. The van der Waals surface area contributed by atoms with Crippen LogP contribution in [0.1, 0.15) is 39.2 Å². The first-order valence-corrected chi connectivity index (χ1v) is 11.2. The standard InChI is InChI=1S/C22H26N2O4S/c1-21(2,3)29(25,26)19-14-24-12-11-23-20(24)13-18(19)27-16-22(9-10-22)28-15-17-7-5-4-6-8-17/h4-8,11-14H,9-10,15-16H2,1-3H3. The molecular weight excluding hydrogens is 388 g/mol. The molecular formula is C22H26N2O4S. The van der Waals surface area contributed by atoms with E-state index >= 15 is 0 Å². The fraction of sp³-hybridized carbons (Fsp3) is 0.409. The van der Waals surface area contributed by atoms with E-state index in [1.807, 2.05) is 30.3 Å². The summed E-state index contributed by atoms with van der Waals surface area (Å²) in [7, 11) is -3.59. The zero-order valence-corrected chi connectivity index (χ0v) is 17.8. The molecule has 0 aliphatic heterocycles. The quantitative estimate of drug-likeness (QED) is 0.584. The minimum Gasteiger partial charge on any atom is -0.489 e. The number of nitrogens with zero attached hydrogens (tertiary/aromatic N) is 2. The molecule has 1 saturated carbocycles. The topological polar surface area (TPSA) is 69.9 Å². The zero-order chi connectivity index (χ0) is 20.7. The maximum Gasteiger partial charge on any atom is 0.188 e. The normalized spacial score (nSPS) is 16.1. The largest absolute Gasteiger partial charge is 0.489 e. The van der Waals surface area contributed by atoms with Crippen LogP contribution in [0.3, 0.4) is 0 Å². The summed E-state index contributed by atoms with van der Waals surface area (Å²) < 4.78 is 39.2. The fourth-order valence-corrected chi connectivity index (χ4v) is 4.35. The van der Waals surface area contributed by atoms with Gasteiger partial charge >= 0.3 is 0 Å². The van der Waals surface area contributed by atoms with Crippen LogP contribution in [-0.2, 0) is 21.2 Å². The Balaban J connectivity index is 1.57. The number of imidazole rings is 1. The molecule has 4 rings (SSSR count). The SMILES string of the molecule is CC(C)(C)S(=O)(=O)c1cn2ccnc2cc1OCC1(OCc2ccccc2)CC1. The second-order valence-electron chi connectivity index (χ2n) is 8.56. The molecule has 0 amide bonds. The van der Waals surface area contributed by atoms with Crippen LogP contribution < -0.4 is 4.74 Å². The van der Waals surface area contributed by atoms with E-state index in [1.54, 1.807) is 49.8 Å². The van der Waals surface area contributed by atoms with Crippen molar-refractivity contribution in [3.05, 3.63) is 60.6 Å². The van der Waals surface area contributed by atoms with Crippen LogP contribution in [0, 0.1) is 0 Å². The van der Waals surface area contributed by atoms with Crippen molar-refractivity contribution < 1.29 is 17.9 Å². The average Bonchev–Trinajstić information content (AvgIpc) is 3.31. The molecule has 1 aliphatic carbocycles. The van der Waals surface area contributed by atoms with Crippen molar-refractivity contribution in [2.24, 2.45) is 0 Å². The average molecular weight is 415 g/mol. The molecule has 0 radical (unpaired) electrons. The van der Waals surface area contributed by atoms with Crippen LogP contribution in [0.4, 0.5) is 0 Å². The van der Waals surface area contributed by atoms with Gasteiger partial charge in [-0.15, -0.1) is 0 Å². The summed E-state index contributed by atoms with van der Waals surface area (Å²) in [5, 5.41) is 0. The third-order valence-corrected chi connectivity index (χ3v) is 7.74. The highest BCUT2D eigenvalue weighted by atomic mass is 32.2. The molecule has 2 aromatic heterocycles. The monoisotopic (exact) mass is 414 g/mol. The van der Waals surface area contributed by atoms with Gasteiger partial charge in [-0.25, -0.2) is 13.4 Å². The summed E-state index contributed by atoms with van der Waals surface area (Å²) in [4.78, 5) is 4.43.